The van der Waals surface area contributed by atoms with Crippen molar-refractivity contribution in [2.24, 2.45) is 0 Å². The first-order valence-electron chi connectivity index (χ1n) is 5.94. The van der Waals surface area contributed by atoms with Crippen molar-refractivity contribution in [1.29, 1.82) is 0 Å². The van der Waals surface area contributed by atoms with E-state index < -0.39 is 10.0 Å². The highest BCUT2D eigenvalue weighted by Gasteiger charge is 2.17. The Morgan fingerprint density at radius 1 is 1.22 bits per heavy atom. The van der Waals surface area contributed by atoms with Gasteiger partial charge in [0.25, 0.3) is 0 Å². The van der Waals surface area contributed by atoms with Gasteiger partial charge in [-0.2, -0.15) is 4.31 Å². The third kappa shape index (κ3) is 4.60. The maximum Gasteiger partial charge on any atom is 0.236 e. The van der Waals surface area contributed by atoms with Crippen LogP contribution in [0.15, 0.2) is 35.7 Å². The van der Waals surface area contributed by atoms with E-state index in [2.05, 4.69) is 0 Å². The third-order valence-electron chi connectivity index (χ3n) is 2.41. The van der Waals surface area contributed by atoms with Gasteiger partial charge in [-0.05, 0) is 18.1 Å². The quantitative estimate of drug-likeness (QED) is 0.819. The molecule has 5 heteroatoms. The van der Waals surface area contributed by atoms with Crippen LogP contribution < -0.4 is 0 Å². The lowest BCUT2D eigenvalue weighted by molar-refractivity contribution is 0.254. The van der Waals surface area contributed by atoms with Crippen molar-refractivity contribution in [3.8, 4) is 0 Å². The maximum absolute atomic E-state index is 12.0. The fraction of sp³-hybridized carbons (Fsp3) is 0.385. The second-order valence-corrected chi connectivity index (χ2v) is 5.70. The van der Waals surface area contributed by atoms with Gasteiger partial charge in [-0.25, -0.2) is 8.42 Å². The first-order valence-corrected chi connectivity index (χ1v) is 7.44. The van der Waals surface area contributed by atoms with Crippen LogP contribution in [0, 0.1) is 0 Å². The van der Waals surface area contributed by atoms with Crippen molar-refractivity contribution in [3.05, 3.63) is 41.3 Å². The number of aliphatic hydroxyl groups excluding tert-OH is 1. The lowest BCUT2D eigenvalue weighted by Gasteiger charge is -2.17. The topological polar surface area (TPSA) is 57.6 Å². The molecule has 1 rings (SSSR count). The molecule has 0 heterocycles. The van der Waals surface area contributed by atoms with Crippen molar-refractivity contribution in [3.63, 3.8) is 0 Å². The van der Waals surface area contributed by atoms with Crippen LogP contribution in [-0.4, -0.2) is 37.5 Å². The monoisotopic (exact) mass is 269 g/mol. The number of aliphatic hydroxyl groups is 1. The zero-order valence-corrected chi connectivity index (χ0v) is 11.3. The van der Waals surface area contributed by atoms with Crippen molar-refractivity contribution in [2.75, 3.05) is 19.7 Å². The van der Waals surface area contributed by atoms with E-state index in [1.807, 2.05) is 37.3 Å². The van der Waals surface area contributed by atoms with E-state index in [4.69, 9.17) is 5.11 Å². The second-order valence-electron chi connectivity index (χ2n) is 3.88. The summed E-state index contributed by atoms with van der Waals surface area (Å²) in [6.45, 7) is 2.29. The second kappa shape index (κ2) is 7.31. The van der Waals surface area contributed by atoms with Crippen molar-refractivity contribution in [2.45, 2.75) is 13.3 Å². The number of hydrogen-bond donors (Lipinski definition) is 1. The van der Waals surface area contributed by atoms with Crippen LogP contribution in [0.5, 0.6) is 0 Å². The minimum Gasteiger partial charge on any atom is -0.395 e. The summed E-state index contributed by atoms with van der Waals surface area (Å²) in [5, 5.41) is 10.1. The normalized spacial score (nSPS) is 12.4. The number of hydrogen-bond acceptors (Lipinski definition) is 3. The van der Waals surface area contributed by atoms with Gasteiger partial charge in [0, 0.05) is 18.5 Å². The molecule has 18 heavy (non-hydrogen) atoms. The molecular weight excluding hydrogens is 250 g/mol. The summed E-state index contributed by atoms with van der Waals surface area (Å²) in [5.74, 6) is 0. The van der Waals surface area contributed by atoms with Crippen molar-refractivity contribution in [1.82, 2.24) is 4.31 Å². The minimum absolute atomic E-state index is 0.134. The van der Waals surface area contributed by atoms with Gasteiger partial charge in [-0.3, -0.25) is 0 Å². The molecule has 0 aliphatic rings. The Morgan fingerprint density at radius 2 is 1.89 bits per heavy atom. The van der Waals surface area contributed by atoms with Gasteiger partial charge in [0.2, 0.25) is 10.0 Å². The fourth-order valence-electron chi connectivity index (χ4n) is 1.54. The predicted octanol–water partition coefficient (Wildman–Crippen LogP) is 1.69. The lowest BCUT2D eigenvalue weighted by Crippen LogP contribution is -2.32. The number of nitrogens with zero attached hydrogens (tertiary/aromatic N) is 1. The molecule has 0 atom stereocenters. The van der Waals surface area contributed by atoms with Crippen LogP contribution in [0.1, 0.15) is 18.9 Å². The molecule has 0 amide bonds. The summed E-state index contributed by atoms with van der Waals surface area (Å²) < 4.78 is 25.3. The van der Waals surface area contributed by atoms with Crippen LogP contribution in [0.2, 0.25) is 0 Å². The van der Waals surface area contributed by atoms with Crippen LogP contribution >= 0.6 is 0 Å². The Balaban J connectivity index is 2.82. The molecule has 0 radical (unpaired) electrons. The van der Waals surface area contributed by atoms with Gasteiger partial charge in [0.05, 0.1) is 6.61 Å². The highest BCUT2D eigenvalue weighted by atomic mass is 32.2. The Morgan fingerprint density at radius 3 is 2.44 bits per heavy atom. The van der Waals surface area contributed by atoms with Gasteiger partial charge >= 0.3 is 0 Å². The molecule has 1 N–H and O–H groups in total. The zero-order chi connectivity index (χ0) is 13.4. The van der Waals surface area contributed by atoms with E-state index in [0.717, 1.165) is 12.0 Å². The minimum atomic E-state index is -3.45. The molecule has 0 aliphatic carbocycles. The standard InChI is InChI=1S/C13H19NO3S/c1-2-9-14(10-11-15)18(16,17)12-8-13-6-4-3-5-7-13/h3-8,12,15H,2,9-11H2,1H3. The Kier molecular flexibility index (Phi) is 6.04. The molecule has 1 aromatic carbocycles. The molecule has 0 unspecified atom stereocenters. The Hall–Kier alpha value is -1.17. The molecule has 0 fully saturated rings. The maximum atomic E-state index is 12.0. The van der Waals surface area contributed by atoms with Gasteiger partial charge in [0.1, 0.15) is 0 Å². The third-order valence-corrected chi connectivity index (χ3v) is 3.98. The Bertz CT molecular complexity index is 462. The average Bonchev–Trinajstić information content (AvgIpc) is 2.37. The van der Waals surface area contributed by atoms with Crippen molar-refractivity contribution >= 4 is 16.1 Å². The van der Waals surface area contributed by atoms with E-state index in [1.54, 1.807) is 6.08 Å². The highest BCUT2D eigenvalue weighted by Crippen LogP contribution is 2.08. The lowest BCUT2D eigenvalue weighted by atomic mass is 10.2. The highest BCUT2D eigenvalue weighted by molar-refractivity contribution is 7.92. The summed E-state index contributed by atoms with van der Waals surface area (Å²) in [6.07, 6.45) is 2.29. The largest absolute Gasteiger partial charge is 0.395 e. The molecule has 0 saturated heterocycles. The number of benzene rings is 1. The smallest absolute Gasteiger partial charge is 0.236 e. The SMILES string of the molecule is CCCN(CCO)S(=O)(=O)C=Cc1ccccc1. The molecule has 0 spiro atoms. The van der Waals surface area contributed by atoms with Gasteiger partial charge in [0.15, 0.2) is 0 Å². The van der Waals surface area contributed by atoms with Gasteiger partial charge in [-0.15, -0.1) is 0 Å². The zero-order valence-electron chi connectivity index (χ0n) is 10.5. The van der Waals surface area contributed by atoms with Crippen LogP contribution in [0.3, 0.4) is 0 Å². The number of rotatable bonds is 7. The molecule has 4 nitrogen and oxygen atoms in total. The molecule has 1 aromatic rings. The molecule has 100 valence electrons. The van der Waals surface area contributed by atoms with E-state index in [0.29, 0.717) is 6.54 Å². The van der Waals surface area contributed by atoms with Crippen LogP contribution in [-0.2, 0) is 10.0 Å². The molecular formula is C13H19NO3S. The summed E-state index contributed by atoms with van der Waals surface area (Å²) in [7, 11) is -3.45. The molecule has 0 aromatic heterocycles. The summed E-state index contributed by atoms with van der Waals surface area (Å²) in [5.41, 5.74) is 0.835. The van der Waals surface area contributed by atoms with Gasteiger partial charge < -0.3 is 5.11 Å². The van der Waals surface area contributed by atoms with E-state index in [-0.39, 0.29) is 13.2 Å². The van der Waals surface area contributed by atoms with E-state index in [9.17, 15) is 8.42 Å². The van der Waals surface area contributed by atoms with E-state index in [1.165, 1.54) is 9.71 Å². The summed E-state index contributed by atoms with van der Waals surface area (Å²) in [4.78, 5) is 0. The van der Waals surface area contributed by atoms with Crippen LogP contribution in [0.4, 0.5) is 0 Å². The fourth-order valence-corrected chi connectivity index (χ4v) is 2.82. The molecule has 0 saturated carbocycles. The molecule has 0 aliphatic heterocycles. The van der Waals surface area contributed by atoms with E-state index >= 15 is 0 Å². The first kappa shape index (κ1) is 14.9. The summed E-state index contributed by atoms with van der Waals surface area (Å²) >= 11 is 0. The Labute approximate surface area is 109 Å². The van der Waals surface area contributed by atoms with Gasteiger partial charge in [-0.1, -0.05) is 37.3 Å². The van der Waals surface area contributed by atoms with Crippen molar-refractivity contribution < 1.29 is 13.5 Å². The van der Waals surface area contributed by atoms with Crippen LogP contribution in [0.25, 0.3) is 6.08 Å². The number of sulfonamides is 1. The summed E-state index contributed by atoms with van der Waals surface area (Å²) in [6, 6.07) is 9.25. The average molecular weight is 269 g/mol. The first-order chi connectivity index (χ1) is 8.60. The predicted molar refractivity (Wildman–Crippen MR) is 73.3 cm³/mol. The molecule has 0 bridgehead atoms.